The molecule has 1 aromatic heterocycles. The van der Waals surface area contributed by atoms with Crippen molar-refractivity contribution in [2.75, 3.05) is 13.2 Å². The van der Waals surface area contributed by atoms with Crippen LogP contribution in [-0.2, 0) is 28.9 Å². The molecule has 5 heteroatoms. The summed E-state index contributed by atoms with van der Waals surface area (Å²) in [5.41, 5.74) is 6.89. The van der Waals surface area contributed by atoms with Gasteiger partial charge in [0.2, 0.25) is 5.91 Å². The molecule has 3 rings (SSSR count). The fraction of sp³-hybridized carbons (Fsp3) is 0.643. The highest BCUT2D eigenvalue weighted by Gasteiger charge is 2.35. The topological polar surface area (TPSA) is 64.4 Å². The van der Waals surface area contributed by atoms with E-state index in [0.717, 1.165) is 0 Å². The molecule has 19 heavy (non-hydrogen) atoms. The van der Waals surface area contributed by atoms with Gasteiger partial charge in [-0.15, -0.1) is 11.3 Å². The summed E-state index contributed by atoms with van der Waals surface area (Å²) in [5, 5.41) is 2.99. The number of rotatable bonds is 3. The van der Waals surface area contributed by atoms with Crippen molar-refractivity contribution in [3.05, 3.63) is 21.4 Å². The quantitative estimate of drug-likeness (QED) is 0.878. The van der Waals surface area contributed by atoms with Gasteiger partial charge in [0, 0.05) is 23.0 Å². The summed E-state index contributed by atoms with van der Waals surface area (Å²) >= 11 is 1.83. The molecule has 0 radical (unpaired) electrons. The molecule has 0 aromatic carbocycles. The minimum Gasteiger partial charge on any atom is -0.381 e. The SMILES string of the molecule is NC1(C(=O)NCc2cc3c(s2)CCC3)CCOCC1. The van der Waals surface area contributed by atoms with E-state index in [9.17, 15) is 4.79 Å². The Morgan fingerprint density at radius 1 is 1.42 bits per heavy atom. The molecule has 1 amide bonds. The predicted octanol–water partition coefficient (Wildman–Crippen LogP) is 1.36. The van der Waals surface area contributed by atoms with E-state index in [4.69, 9.17) is 10.5 Å². The fourth-order valence-electron chi connectivity index (χ4n) is 2.78. The van der Waals surface area contributed by atoms with Gasteiger partial charge < -0.3 is 15.8 Å². The first kappa shape index (κ1) is 13.1. The van der Waals surface area contributed by atoms with Crippen molar-refractivity contribution in [3.63, 3.8) is 0 Å². The standard InChI is InChI=1S/C14H20N2O2S/c15-14(4-6-18-7-5-14)13(17)16-9-11-8-10-2-1-3-12(10)19-11/h8H,1-7,9,15H2,(H,16,17). The van der Waals surface area contributed by atoms with Crippen LogP contribution in [0.1, 0.15) is 34.6 Å². The van der Waals surface area contributed by atoms with Crippen LogP contribution in [0.15, 0.2) is 6.07 Å². The lowest BCUT2D eigenvalue weighted by Gasteiger charge is -2.31. The lowest BCUT2D eigenvalue weighted by Crippen LogP contribution is -2.56. The van der Waals surface area contributed by atoms with Gasteiger partial charge in [-0.3, -0.25) is 4.79 Å². The number of amides is 1. The predicted molar refractivity (Wildman–Crippen MR) is 75.2 cm³/mol. The number of carbonyl (C=O) groups is 1. The zero-order valence-corrected chi connectivity index (χ0v) is 11.9. The van der Waals surface area contributed by atoms with Crippen LogP contribution in [0, 0.1) is 0 Å². The third-order valence-electron chi connectivity index (χ3n) is 4.06. The molecule has 1 saturated heterocycles. The first-order valence-electron chi connectivity index (χ1n) is 6.93. The van der Waals surface area contributed by atoms with Crippen molar-refractivity contribution in [3.8, 4) is 0 Å². The van der Waals surface area contributed by atoms with E-state index >= 15 is 0 Å². The molecule has 4 nitrogen and oxygen atoms in total. The van der Waals surface area contributed by atoms with Crippen molar-refractivity contribution >= 4 is 17.2 Å². The largest absolute Gasteiger partial charge is 0.381 e. The summed E-state index contributed by atoms with van der Waals surface area (Å²) < 4.78 is 5.26. The number of nitrogens with two attached hydrogens (primary N) is 1. The normalized spacial score (nSPS) is 21.1. The maximum atomic E-state index is 12.2. The van der Waals surface area contributed by atoms with E-state index in [0.29, 0.717) is 32.6 Å². The van der Waals surface area contributed by atoms with Crippen LogP contribution in [0.2, 0.25) is 0 Å². The number of hydrogen-bond donors (Lipinski definition) is 2. The highest BCUT2D eigenvalue weighted by atomic mass is 32.1. The molecule has 2 heterocycles. The Morgan fingerprint density at radius 3 is 2.95 bits per heavy atom. The molecule has 0 bridgehead atoms. The summed E-state index contributed by atoms with van der Waals surface area (Å²) in [4.78, 5) is 14.9. The lowest BCUT2D eigenvalue weighted by atomic mass is 9.90. The third-order valence-corrected chi connectivity index (χ3v) is 5.30. The molecule has 1 aliphatic heterocycles. The van der Waals surface area contributed by atoms with Crippen LogP contribution < -0.4 is 11.1 Å². The second kappa shape index (κ2) is 5.23. The minimum atomic E-state index is -0.738. The van der Waals surface area contributed by atoms with Crippen LogP contribution in [-0.4, -0.2) is 24.7 Å². The van der Waals surface area contributed by atoms with E-state index in [1.807, 2.05) is 11.3 Å². The molecular formula is C14H20N2O2S. The van der Waals surface area contributed by atoms with Crippen LogP contribution in [0.25, 0.3) is 0 Å². The van der Waals surface area contributed by atoms with Crippen molar-refractivity contribution < 1.29 is 9.53 Å². The fourth-order valence-corrected chi connectivity index (χ4v) is 3.98. The second-order valence-electron chi connectivity index (χ2n) is 5.47. The molecular weight excluding hydrogens is 260 g/mol. The highest BCUT2D eigenvalue weighted by molar-refractivity contribution is 7.12. The average Bonchev–Trinajstić information content (AvgIpc) is 2.97. The molecule has 0 spiro atoms. The van der Waals surface area contributed by atoms with Crippen molar-refractivity contribution in [1.29, 1.82) is 0 Å². The molecule has 1 aliphatic carbocycles. The Kier molecular flexibility index (Phi) is 3.60. The summed E-state index contributed by atoms with van der Waals surface area (Å²) in [6.07, 6.45) is 4.89. The third kappa shape index (κ3) is 2.68. The maximum Gasteiger partial charge on any atom is 0.240 e. The number of nitrogens with one attached hydrogen (secondary N) is 1. The Labute approximate surface area is 117 Å². The average molecular weight is 280 g/mol. The van der Waals surface area contributed by atoms with Gasteiger partial charge in [-0.2, -0.15) is 0 Å². The van der Waals surface area contributed by atoms with E-state index in [-0.39, 0.29) is 5.91 Å². The lowest BCUT2D eigenvalue weighted by molar-refractivity contribution is -0.129. The van der Waals surface area contributed by atoms with Crippen LogP contribution in [0.4, 0.5) is 0 Å². The van der Waals surface area contributed by atoms with Gasteiger partial charge in [-0.05, 0) is 43.7 Å². The smallest absolute Gasteiger partial charge is 0.240 e. The Hall–Kier alpha value is -0.910. The summed E-state index contributed by atoms with van der Waals surface area (Å²) in [7, 11) is 0. The molecule has 1 aromatic rings. The number of thiophene rings is 1. The van der Waals surface area contributed by atoms with E-state index in [1.165, 1.54) is 34.6 Å². The molecule has 1 fully saturated rings. The highest BCUT2D eigenvalue weighted by Crippen LogP contribution is 2.30. The monoisotopic (exact) mass is 280 g/mol. The summed E-state index contributed by atoms with van der Waals surface area (Å²) in [6, 6.07) is 2.24. The number of fused-ring (bicyclic) bond motifs is 1. The molecule has 0 atom stereocenters. The van der Waals surface area contributed by atoms with Crippen LogP contribution >= 0.6 is 11.3 Å². The minimum absolute atomic E-state index is 0.0376. The van der Waals surface area contributed by atoms with Crippen molar-refractivity contribution in [2.24, 2.45) is 5.73 Å². The first-order chi connectivity index (χ1) is 9.17. The number of aryl methyl sites for hydroxylation is 2. The zero-order valence-electron chi connectivity index (χ0n) is 11.0. The van der Waals surface area contributed by atoms with Crippen LogP contribution in [0.3, 0.4) is 0 Å². The number of ether oxygens (including phenoxy) is 1. The first-order valence-corrected chi connectivity index (χ1v) is 7.74. The molecule has 0 saturated carbocycles. The molecule has 3 N–H and O–H groups in total. The molecule has 0 unspecified atom stereocenters. The van der Waals surface area contributed by atoms with Gasteiger partial charge in [0.15, 0.2) is 0 Å². The Bertz CT molecular complexity index is 456. The van der Waals surface area contributed by atoms with Gasteiger partial charge >= 0.3 is 0 Å². The van der Waals surface area contributed by atoms with E-state index in [1.54, 1.807) is 0 Å². The van der Waals surface area contributed by atoms with Gasteiger partial charge in [-0.25, -0.2) is 0 Å². The Morgan fingerprint density at radius 2 is 2.21 bits per heavy atom. The summed E-state index contributed by atoms with van der Waals surface area (Å²) in [6.45, 7) is 1.77. The van der Waals surface area contributed by atoms with E-state index in [2.05, 4.69) is 11.4 Å². The number of carbonyl (C=O) groups excluding carboxylic acids is 1. The van der Waals surface area contributed by atoms with Gasteiger partial charge in [0.1, 0.15) is 0 Å². The number of hydrogen-bond acceptors (Lipinski definition) is 4. The van der Waals surface area contributed by atoms with Crippen molar-refractivity contribution in [1.82, 2.24) is 5.32 Å². The zero-order chi connectivity index (χ0) is 13.3. The second-order valence-corrected chi connectivity index (χ2v) is 6.69. The molecule has 2 aliphatic rings. The summed E-state index contributed by atoms with van der Waals surface area (Å²) in [5.74, 6) is -0.0376. The van der Waals surface area contributed by atoms with Crippen LogP contribution in [0.5, 0.6) is 0 Å². The van der Waals surface area contributed by atoms with Crippen molar-refractivity contribution in [2.45, 2.75) is 44.2 Å². The van der Waals surface area contributed by atoms with Gasteiger partial charge in [0.25, 0.3) is 0 Å². The van der Waals surface area contributed by atoms with Gasteiger partial charge in [-0.1, -0.05) is 0 Å². The van der Waals surface area contributed by atoms with Gasteiger partial charge in [0.05, 0.1) is 12.1 Å². The maximum absolute atomic E-state index is 12.2. The van der Waals surface area contributed by atoms with E-state index < -0.39 is 5.54 Å². The molecule has 104 valence electrons. The Balaban J connectivity index is 1.57.